The van der Waals surface area contributed by atoms with E-state index in [1.54, 1.807) is 31.0 Å². The van der Waals surface area contributed by atoms with Gasteiger partial charge in [0, 0.05) is 11.0 Å². The Morgan fingerprint density at radius 2 is 1.75 bits per heavy atom. The maximum atomic E-state index is 11.3. The van der Waals surface area contributed by atoms with Gasteiger partial charge in [0.1, 0.15) is 11.5 Å². The lowest BCUT2D eigenvalue weighted by atomic mass is 10.0. The molecule has 0 fully saturated rings. The van der Waals surface area contributed by atoms with Crippen molar-refractivity contribution in [1.29, 1.82) is 0 Å². The van der Waals surface area contributed by atoms with Gasteiger partial charge in [-0.2, -0.15) is 11.8 Å². The van der Waals surface area contributed by atoms with Crippen LogP contribution in [-0.2, 0) is 16.0 Å². The van der Waals surface area contributed by atoms with E-state index in [0.29, 0.717) is 12.2 Å². The molecule has 0 saturated carbocycles. The fraction of sp³-hybridized carbons (Fsp3) is 0.316. The van der Waals surface area contributed by atoms with Crippen molar-refractivity contribution in [2.24, 2.45) is 0 Å². The molecule has 0 aliphatic rings. The van der Waals surface area contributed by atoms with Gasteiger partial charge in [0.2, 0.25) is 0 Å². The Kier molecular flexibility index (Phi) is 7.00. The zero-order chi connectivity index (χ0) is 17.4. The van der Waals surface area contributed by atoms with E-state index in [1.165, 1.54) is 12.7 Å². The molecule has 4 nitrogen and oxygen atoms in total. The fourth-order valence-electron chi connectivity index (χ4n) is 2.32. The lowest BCUT2D eigenvalue weighted by molar-refractivity contribution is -0.140. The summed E-state index contributed by atoms with van der Waals surface area (Å²) in [5.41, 5.74) is 2.32. The number of hydrogen-bond acceptors (Lipinski definition) is 5. The van der Waals surface area contributed by atoms with Crippen molar-refractivity contribution < 1.29 is 19.4 Å². The van der Waals surface area contributed by atoms with Gasteiger partial charge in [0.05, 0.1) is 20.6 Å². The molecule has 0 aliphatic carbocycles. The summed E-state index contributed by atoms with van der Waals surface area (Å²) in [6.07, 6.45) is 1.21. The number of carbonyl (C=O) groups excluding carboxylic acids is 1. The highest BCUT2D eigenvalue weighted by Crippen LogP contribution is 2.34. The first kappa shape index (κ1) is 18.2. The predicted octanol–water partition coefficient (Wildman–Crippen LogP) is 3.98. The minimum absolute atomic E-state index is 0.194. The van der Waals surface area contributed by atoms with Crippen LogP contribution in [0.25, 0.3) is 0 Å². The summed E-state index contributed by atoms with van der Waals surface area (Å²) < 4.78 is 9.91. The number of esters is 1. The highest BCUT2D eigenvalue weighted by molar-refractivity contribution is 7.99. The summed E-state index contributed by atoms with van der Waals surface area (Å²) >= 11 is 1.73. The Labute approximate surface area is 146 Å². The lowest BCUT2D eigenvalue weighted by Gasteiger charge is -2.17. The van der Waals surface area contributed by atoms with Crippen molar-refractivity contribution in [3.63, 3.8) is 0 Å². The quantitative estimate of drug-likeness (QED) is 0.733. The van der Waals surface area contributed by atoms with E-state index < -0.39 is 0 Å². The monoisotopic (exact) mass is 346 g/mol. The van der Waals surface area contributed by atoms with Crippen LogP contribution >= 0.6 is 11.8 Å². The van der Waals surface area contributed by atoms with E-state index in [2.05, 4.69) is 12.1 Å². The lowest BCUT2D eigenvalue weighted by Crippen LogP contribution is -2.05. The highest BCUT2D eigenvalue weighted by atomic mass is 32.2. The molecule has 1 unspecified atom stereocenters. The summed E-state index contributed by atoms with van der Waals surface area (Å²) in [4.78, 5) is 11.3. The van der Waals surface area contributed by atoms with E-state index >= 15 is 0 Å². The average Bonchev–Trinajstić information content (AvgIpc) is 2.62. The Morgan fingerprint density at radius 1 is 1.08 bits per heavy atom. The van der Waals surface area contributed by atoms with Crippen LogP contribution in [0.1, 0.15) is 22.8 Å². The largest absolute Gasteiger partial charge is 0.508 e. The normalized spacial score (nSPS) is 11.8. The molecular formula is C19H22O4S. The highest BCUT2D eigenvalue weighted by Gasteiger charge is 2.14. The molecular weight excluding hydrogens is 324 g/mol. The van der Waals surface area contributed by atoms with E-state index in [4.69, 9.17) is 9.47 Å². The van der Waals surface area contributed by atoms with Crippen LogP contribution < -0.4 is 4.74 Å². The van der Waals surface area contributed by atoms with E-state index in [0.717, 1.165) is 17.7 Å². The first-order valence-electron chi connectivity index (χ1n) is 7.72. The molecule has 0 radical (unpaired) electrons. The minimum Gasteiger partial charge on any atom is -0.508 e. The van der Waals surface area contributed by atoms with Gasteiger partial charge >= 0.3 is 5.97 Å². The molecule has 128 valence electrons. The van der Waals surface area contributed by atoms with Crippen molar-refractivity contribution in [3.05, 3.63) is 59.7 Å². The molecule has 2 rings (SSSR count). The van der Waals surface area contributed by atoms with Crippen molar-refractivity contribution in [1.82, 2.24) is 0 Å². The zero-order valence-corrected chi connectivity index (χ0v) is 14.7. The van der Waals surface area contributed by atoms with Crippen molar-refractivity contribution in [3.8, 4) is 11.5 Å². The number of hydrogen-bond donors (Lipinski definition) is 1. The van der Waals surface area contributed by atoms with Crippen molar-refractivity contribution >= 4 is 17.7 Å². The number of rotatable bonds is 8. The van der Waals surface area contributed by atoms with Gasteiger partial charge in [-0.05, 0) is 41.8 Å². The molecule has 0 spiro atoms. The third kappa shape index (κ3) is 5.49. The summed E-state index contributed by atoms with van der Waals surface area (Å²) in [5, 5.41) is 9.64. The van der Waals surface area contributed by atoms with Crippen molar-refractivity contribution in [2.45, 2.75) is 18.1 Å². The van der Waals surface area contributed by atoms with Gasteiger partial charge in [0.15, 0.2) is 0 Å². The smallest absolute Gasteiger partial charge is 0.306 e. The van der Waals surface area contributed by atoms with Gasteiger partial charge < -0.3 is 14.6 Å². The molecule has 0 bridgehead atoms. The Morgan fingerprint density at radius 3 is 2.33 bits per heavy atom. The molecule has 2 aromatic carbocycles. The topological polar surface area (TPSA) is 55.8 Å². The molecule has 2 aromatic rings. The average molecular weight is 346 g/mol. The molecule has 24 heavy (non-hydrogen) atoms. The maximum Gasteiger partial charge on any atom is 0.306 e. The minimum atomic E-state index is -0.194. The Balaban J connectivity index is 2.09. The Hall–Kier alpha value is -2.14. The van der Waals surface area contributed by atoms with E-state index in [9.17, 15) is 9.90 Å². The van der Waals surface area contributed by atoms with Crippen LogP contribution in [0, 0.1) is 0 Å². The van der Waals surface area contributed by atoms with Crippen LogP contribution in [0.3, 0.4) is 0 Å². The molecule has 5 heteroatoms. The van der Waals surface area contributed by atoms with Crippen LogP contribution in [0.2, 0.25) is 0 Å². The number of methoxy groups -OCH3 is 2. The summed E-state index contributed by atoms with van der Waals surface area (Å²) in [5.74, 6) is 1.59. The number of thioether (sulfide) groups is 1. The standard InChI is InChI=1S/C19H22O4S/c1-22-17-9-5-15(6-10-17)18(24-12-11-19(21)23-2)13-14-3-7-16(20)8-4-14/h3-10,18,20H,11-13H2,1-2H3. The first-order chi connectivity index (χ1) is 11.6. The molecule has 0 aromatic heterocycles. The van der Waals surface area contributed by atoms with Crippen LogP contribution in [0.15, 0.2) is 48.5 Å². The number of ether oxygens (including phenoxy) is 2. The van der Waals surface area contributed by atoms with Crippen LogP contribution in [0.5, 0.6) is 11.5 Å². The van der Waals surface area contributed by atoms with Crippen LogP contribution in [0.4, 0.5) is 0 Å². The number of phenols is 1. The third-order valence-corrected chi connectivity index (χ3v) is 4.98. The summed E-state index contributed by atoms with van der Waals surface area (Å²) in [6, 6.07) is 15.2. The van der Waals surface area contributed by atoms with Gasteiger partial charge in [-0.25, -0.2) is 0 Å². The number of carbonyl (C=O) groups is 1. The molecule has 1 N–H and O–H groups in total. The second-order valence-corrected chi connectivity index (χ2v) is 6.64. The van der Waals surface area contributed by atoms with Gasteiger partial charge in [-0.3, -0.25) is 4.79 Å². The van der Waals surface area contributed by atoms with Gasteiger partial charge in [0.25, 0.3) is 0 Å². The fourth-order valence-corrected chi connectivity index (χ4v) is 3.55. The summed E-state index contributed by atoms with van der Waals surface area (Å²) in [6.45, 7) is 0. The molecule has 0 heterocycles. The Bertz CT molecular complexity index is 637. The SMILES string of the molecule is COC(=O)CCSC(Cc1ccc(O)cc1)c1ccc(OC)cc1. The van der Waals surface area contributed by atoms with Gasteiger partial charge in [-0.1, -0.05) is 24.3 Å². The molecule has 0 aliphatic heterocycles. The first-order valence-corrected chi connectivity index (χ1v) is 8.77. The van der Waals surface area contributed by atoms with Crippen LogP contribution in [-0.4, -0.2) is 31.0 Å². The maximum absolute atomic E-state index is 11.3. The number of aromatic hydroxyl groups is 1. The van der Waals surface area contributed by atoms with E-state index in [-0.39, 0.29) is 17.0 Å². The van der Waals surface area contributed by atoms with E-state index in [1.807, 2.05) is 24.3 Å². The third-order valence-electron chi connectivity index (χ3n) is 3.70. The molecule has 0 saturated heterocycles. The number of phenolic OH excluding ortho intramolecular Hbond substituents is 1. The van der Waals surface area contributed by atoms with Gasteiger partial charge in [-0.15, -0.1) is 0 Å². The zero-order valence-electron chi connectivity index (χ0n) is 13.9. The molecule has 1 atom stereocenters. The predicted molar refractivity (Wildman–Crippen MR) is 96.6 cm³/mol. The van der Waals surface area contributed by atoms with Crippen molar-refractivity contribution in [2.75, 3.05) is 20.0 Å². The molecule has 0 amide bonds. The summed E-state index contributed by atoms with van der Waals surface area (Å²) in [7, 11) is 3.05. The second-order valence-electron chi connectivity index (χ2n) is 5.33. The second kappa shape index (κ2) is 9.23. The number of benzene rings is 2.